The molecule has 2 aromatic heterocycles. The Morgan fingerprint density at radius 2 is 2.23 bits per heavy atom. The first-order chi connectivity index (χ1) is 6.20. The van der Waals surface area contributed by atoms with Crippen molar-refractivity contribution in [2.24, 2.45) is 7.05 Å². The molecule has 2 rings (SSSR count). The number of nitrogens with zero attached hydrogens (tertiary/aromatic N) is 2. The molecule has 0 saturated heterocycles. The number of rotatable bonds is 1. The fourth-order valence-corrected chi connectivity index (χ4v) is 1.45. The molecule has 2 N–H and O–H groups in total. The normalized spacial score (nSPS) is 10.7. The topological polar surface area (TPSA) is 58.3 Å². The first-order valence-electron chi connectivity index (χ1n) is 3.96. The molecule has 0 aliphatic heterocycles. The molecule has 0 spiro atoms. The van der Waals surface area contributed by atoms with Gasteiger partial charge in [0, 0.05) is 30.3 Å². The Labute approximate surface area is 75.6 Å². The van der Waals surface area contributed by atoms with Crippen LogP contribution >= 0.6 is 0 Å². The fraction of sp³-hybridized carbons (Fsp3) is 0.125. The first kappa shape index (κ1) is 8.28. The van der Waals surface area contributed by atoms with Crippen LogP contribution in [0.5, 0.6) is 0 Å². The van der Waals surface area contributed by atoms with E-state index in [-0.39, 0.29) is 0 Å². The van der Waals surface area contributed by atoms with Crippen LogP contribution in [0.3, 0.4) is 0 Å². The molecule has 0 atom stereocenters. The van der Waals surface area contributed by atoms with E-state index in [0.29, 0.717) is 5.46 Å². The molecule has 66 valence electrons. The van der Waals surface area contributed by atoms with Crippen LogP contribution in [0, 0.1) is 0 Å². The Morgan fingerprint density at radius 3 is 2.92 bits per heavy atom. The second-order valence-corrected chi connectivity index (χ2v) is 2.94. The fourth-order valence-electron chi connectivity index (χ4n) is 1.45. The van der Waals surface area contributed by atoms with Gasteiger partial charge in [-0.05, 0) is 6.07 Å². The van der Waals surface area contributed by atoms with Crippen molar-refractivity contribution in [2.45, 2.75) is 0 Å². The lowest BCUT2D eigenvalue weighted by atomic mass is 9.80. The maximum atomic E-state index is 9.05. The molecule has 0 aromatic carbocycles. The van der Waals surface area contributed by atoms with Crippen molar-refractivity contribution in [3.05, 3.63) is 24.5 Å². The van der Waals surface area contributed by atoms with E-state index in [1.165, 1.54) is 0 Å². The van der Waals surface area contributed by atoms with Crippen LogP contribution in [0.4, 0.5) is 0 Å². The van der Waals surface area contributed by atoms with Gasteiger partial charge in [0.2, 0.25) is 0 Å². The highest BCUT2D eigenvalue weighted by molar-refractivity contribution is 6.62. The monoisotopic (exact) mass is 176 g/mol. The average Bonchev–Trinajstić information content (AvgIpc) is 2.45. The molecule has 0 bridgehead atoms. The molecule has 0 radical (unpaired) electrons. The Hall–Kier alpha value is -1.33. The Morgan fingerprint density at radius 1 is 1.46 bits per heavy atom. The largest absolute Gasteiger partial charge is 0.490 e. The third-order valence-corrected chi connectivity index (χ3v) is 2.04. The van der Waals surface area contributed by atoms with E-state index in [1.54, 1.807) is 23.0 Å². The maximum absolute atomic E-state index is 9.05. The molecule has 0 fully saturated rings. The predicted molar refractivity (Wildman–Crippen MR) is 50.5 cm³/mol. The lowest BCUT2D eigenvalue weighted by molar-refractivity contribution is 0.426. The number of pyridine rings is 1. The van der Waals surface area contributed by atoms with Gasteiger partial charge >= 0.3 is 7.12 Å². The molecular weight excluding hydrogens is 167 g/mol. The van der Waals surface area contributed by atoms with E-state index < -0.39 is 7.12 Å². The molecule has 0 amide bonds. The van der Waals surface area contributed by atoms with Gasteiger partial charge < -0.3 is 14.6 Å². The van der Waals surface area contributed by atoms with Gasteiger partial charge in [0.15, 0.2) is 0 Å². The summed E-state index contributed by atoms with van der Waals surface area (Å²) in [6.45, 7) is 0. The minimum Gasteiger partial charge on any atom is -0.423 e. The molecule has 0 saturated carbocycles. The number of hydrogen-bond acceptors (Lipinski definition) is 3. The minimum atomic E-state index is -1.44. The summed E-state index contributed by atoms with van der Waals surface area (Å²) in [6, 6.07) is 3.59. The highest BCUT2D eigenvalue weighted by Crippen LogP contribution is 2.08. The molecule has 4 nitrogen and oxygen atoms in total. The summed E-state index contributed by atoms with van der Waals surface area (Å²) in [5, 5.41) is 18.9. The first-order valence-corrected chi connectivity index (χ1v) is 3.96. The summed E-state index contributed by atoms with van der Waals surface area (Å²) in [6.07, 6.45) is 3.35. The van der Waals surface area contributed by atoms with Crippen LogP contribution in [0.15, 0.2) is 24.5 Å². The van der Waals surface area contributed by atoms with Crippen molar-refractivity contribution in [3.63, 3.8) is 0 Å². The molecular formula is C8H9BN2O2. The molecule has 2 heterocycles. The van der Waals surface area contributed by atoms with E-state index in [4.69, 9.17) is 10.0 Å². The second kappa shape index (κ2) is 2.87. The van der Waals surface area contributed by atoms with Crippen LogP contribution in [-0.4, -0.2) is 26.7 Å². The van der Waals surface area contributed by atoms with Crippen LogP contribution in [0.25, 0.3) is 11.0 Å². The van der Waals surface area contributed by atoms with Crippen molar-refractivity contribution in [2.75, 3.05) is 0 Å². The predicted octanol–water partition coefficient (Wildman–Crippen LogP) is -0.747. The van der Waals surface area contributed by atoms with Gasteiger partial charge in [0.05, 0.1) is 0 Å². The van der Waals surface area contributed by atoms with Crippen LogP contribution in [0.2, 0.25) is 0 Å². The van der Waals surface area contributed by atoms with Crippen molar-refractivity contribution < 1.29 is 10.0 Å². The van der Waals surface area contributed by atoms with Crippen LogP contribution in [0.1, 0.15) is 0 Å². The zero-order valence-corrected chi connectivity index (χ0v) is 7.18. The molecule has 5 heteroatoms. The van der Waals surface area contributed by atoms with E-state index in [9.17, 15) is 0 Å². The van der Waals surface area contributed by atoms with Crippen molar-refractivity contribution in [1.82, 2.24) is 9.55 Å². The van der Waals surface area contributed by atoms with Crippen molar-refractivity contribution >= 4 is 23.6 Å². The van der Waals surface area contributed by atoms with Gasteiger partial charge in [0.25, 0.3) is 0 Å². The van der Waals surface area contributed by atoms with E-state index in [2.05, 4.69) is 4.98 Å². The summed E-state index contributed by atoms with van der Waals surface area (Å²) in [4.78, 5) is 4.12. The average molecular weight is 176 g/mol. The van der Waals surface area contributed by atoms with Gasteiger partial charge in [-0.1, -0.05) is 6.07 Å². The number of aryl methyl sites for hydroxylation is 1. The highest BCUT2D eigenvalue weighted by Gasteiger charge is 2.17. The SMILES string of the molecule is Cn1cc(B(O)O)c2cccnc21. The van der Waals surface area contributed by atoms with Crippen LogP contribution in [-0.2, 0) is 7.05 Å². The van der Waals surface area contributed by atoms with Crippen molar-refractivity contribution in [3.8, 4) is 0 Å². The minimum absolute atomic E-state index is 0.491. The number of aromatic nitrogens is 2. The zero-order chi connectivity index (χ0) is 9.42. The van der Waals surface area contributed by atoms with E-state index in [1.807, 2.05) is 13.1 Å². The Balaban J connectivity index is 2.78. The number of hydrogen-bond donors (Lipinski definition) is 2. The molecule has 2 aromatic rings. The van der Waals surface area contributed by atoms with Crippen LogP contribution < -0.4 is 5.46 Å². The summed E-state index contributed by atoms with van der Waals surface area (Å²) < 4.78 is 1.77. The summed E-state index contributed by atoms with van der Waals surface area (Å²) >= 11 is 0. The maximum Gasteiger partial charge on any atom is 0.490 e. The van der Waals surface area contributed by atoms with Crippen molar-refractivity contribution in [1.29, 1.82) is 0 Å². The summed E-state index contributed by atoms with van der Waals surface area (Å²) in [5.41, 5.74) is 1.25. The van der Waals surface area contributed by atoms with E-state index in [0.717, 1.165) is 11.0 Å². The van der Waals surface area contributed by atoms with Gasteiger partial charge in [-0.3, -0.25) is 0 Å². The third kappa shape index (κ3) is 1.22. The smallest absolute Gasteiger partial charge is 0.423 e. The highest BCUT2D eigenvalue weighted by atomic mass is 16.4. The lowest BCUT2D eigenvalue weighted by Gasteiger charge is -1.93. The third-order valence-electron chi connectivity index (χ3n) is 2.04. The number of fused-ring (bicyclic) bond motifs is 1. The standard InChI is InChI=1S/C8H9BN2O2/c1-11-5-7(9(12)13)6-3-2-4-10-8(6)11/h2-5,12-13H,1H3. The molecule has 0 aliphatic carbocycles. The Bertz CT molecular complexity index is 439. The van der Waals surface area contributed by atoms with E-state index >= 15 is 0 Å². The summed E-state index contributed by atoms with van der Waals surface area (Å²) in [7, 11) is 0.384. The molecule has 13 heavy (non-hydrogen) atoms. The zero-order valence-electron chi connectivity index (χ0n) is 7.18. The molecule has 0 unspecified atom stereocenters. The van der Waals surface area contributed by atoms with Gasteiger partial charge in [-0.15, -0.1) is 0 Å². The lowest BCUT2D eigenvalue weighted by Crippen LogP contribution is -2.29. The van der Waals surface area contributed by atoms with Gasteiger partial charge in [0.1, 0.15) is 5.65 Å². The quantitative estimate of drug-likeness (QED) is 0.562. The Kier molecular flexibility index (Phi) is 1.83. The van der Waals surface area contributed by atoms with Gasteiger partial charge in [-0.2, -0.15) is 0 Å². The van der Waals surface area contributed by atoms with Gasteiger partial charge in [-0.25, -0.2) is 4.98 Å². The second-order valence-electron chi connectivity index (χ2n) is 2.94. The summed E-state index contributed by atoms with van der Waals surface area (Å²) in [5.74, 6) is 0. The molecule has 0 aliphatic rings.